The van der Waals surface area contributed by atoms with Crippen LogP contribution in [-0.4, -0.2) is 9.55 Å². The third-order valence-corrected chi connectivity index (χ3v) is 3.54. The first-order valence-corrected chi connectivity index (χ1v) is 4.98. The highest BCUT2D eigenvalue weighted by Crippen LogP contribution is 2.26. The maximum absolute atomic E-state index is 8.42. The van der Waals surface area contributed by atoms with Crippen molar-refractivity contribution in [2.45, 2.75) is 6.54 Å². The Morgan fingerprint density at radius 3 is 2.45 bits per heavy atom. The molecule has 0 spiro atoms. The molecule has 0 aliphatic heterocycles. The average molecular weight is 344 g/mol. The van der Waals surface area contributed by atoms with Gasteiger partial charge >= 0.3 is 0 Å². The fourth-order valence-electron chi connectivity index (χ4n) is 0.585. The Hall–Kier alpha value is 0.140. The highest BCUT2D eigenvalue weighted by atomic mass is 79.9. The molecule has 0 unspecified atom stereocenters. The summed E-state index contributed by atoms with van der Waals surface area (Å²) >= 11 is 9.70. The molecule has 0 aromatic carbocycles. The lowest BCUT2D eigenvalue weighted by Gasteiger charge is -1.96. The quantitative estimate of drug-likeness (QED) is 0.786. The SMILES string of the molecule is N#CCn1c(Br)nc(Br)c1Br. The molecular formula is C5H2Br3N3. The summed E-state index contributed by atoms with van der Waals surface area (Å²) in [5.74, 6) is 0. The molecular weight excluding hydrogens is 342 g/mol. The Kier molecular flexibility index (Phi) is 3.10. The van der Waals surface area contributed by atoms with Crippen LogP contribution in [0.4, 0.5) is 0 Å². The lowest BCUT2D eigenvalue weighted by Crippen LogP contribution is -1.95. The van der Waals surface area contributed by atoms with Crippen LogP contribution < -0.4 is 0 Å². The first-order valence-electron chi connectivity index (χ1n) is 2.60. The van der Waals surface area contributed by atoms with Gasteiger partial charge in [-0.1, -0.05) is 0 Å². The number of nitriles is 1. The predicted octanol–water partition coefficient (Wildman–Crippen LogP) is 2.69. The molecule has 58 valence electrons. The molecule has 0 bridgehead atoms. The molecule has 1 heterocycles. The van der Waals surface area contributed by atoms with Gasteiger partial charge in [-0.2, -0.15) is 5.26 Å². The van der Waals surface area contributed by atoms with Crippen molar-refractivity contribution in [1.29, 1.82) is 5.26 Å². The molecule has 0 amide bonds. The Morgan fingerprint density at radius 1 is 1.45 bits per heavy atom. The van der Waals surface area contributed by atoms with Gasteiger partial charge in [0.15, 0.2) is 4.73 Å². The fourth-order valence-corrected chi connectivity index (χ4v) is 2.31. The molecule has 0 aliphatic carbocycles. The first kappa shape index (κ1) is 9.23. The molecule has 0 radical (unpaired) electrons. The van der Waals surface area contributed by atoms with Crippen molar-refractivity contribution in [3.05, 3.63) is 13.9 Å². The van der Waals surface area contributed by atoms with Gasteiger partial charge in [0.25, 0.3) is 0 Å². The summed E-state index contributed by atoms with van der Waals surface area (Å²) in [5.41, 5.74) is 0. The molecule has 3 nitrogen and oxygen atoms in total. The van der Waals surface area contributed by atoms with E-state index in [-0.39, 0.29) is 6.54 Å². The van der Waals surface area contributed by atoms with E-state index in [0.29, 0.717) is 9.34 Å². The van der Waals surface area contributed by atoms with E-state index < -0.39 is 0 Å². The molecule has 1 aromatic rings. The van der Waals surface area contributed by atoms with Crippen molar-refractivity contribution in [2.24, 2.45) is 0 Å². The summed E-state index contributed by atoms with van der Waals surface area (Å²) in [6.45, 7) is 0.278. The Bertz CT molecular complexity index is 312. The van der Waals surface area contributed by atoms with E-state index in [1.807, 2.05) is 6.07 Å². The number of imidazole rings is 1. The van der Waals surface area contributed by atoms with Gasteiger partial charge in [0, 0.05) is 0 Å². The number of hydrogen-bond acceptors (Lipinski definition) is 2. The van der Waals surface area contributed by atoms with Crippen molar-refractivity contribution in [3.63, 3.8) is 0 Å². The molecule has 0 saturated heterocycles. The van der Waals surface area contributed by atoms with E-state index in [9.17, 15) is 0 Å². The summed E-state index contributed by atoms with van der Waals surface area (Å²) in [7, 11) is 0. The average Bonchev–Trinajstić information content (AvgIpc) is 2.17. The van der Waals surface area contributed by atoms with E-state index >= 15 is 0 Å². The normalized spacial score (nSPS) is 9.64. The van der Waals surface area contributed by atoms with E-state index in [4.69, 9.17) is 5.26 Å². The highest BCUT2D eigenvalue weighted by Gasteiger charge is 2.09. The van der Waals surface area contributed by atoms with Gasteiger partial charge < -0.3 is 0 Å². The van der Waals surface area contributed by atoms with Gasteiger partial charge in [0.2, 0.25) is 0 Å². The van der Waals surface area contributed by atoms with Gasteiger partial charge in [-0.15, -0.1) is 0 Å². The zero-order chi connectivity index (χ0) is 8.43. The van der Waals surface area contributed by atoms with Gasteiger partial charge in [-0.05, 0) is 47.8 Å². The van der Waals surface area contributed by atoms with Crippen LogP contribution in [0.2, 0.25) is 0 Å². The smallest absolute Gasteiger partial charge is 0.180 e. The number of aromatic nitrogens is 2. The van der Waals surface area contributed by atoms with Crippen LogP contribution in [0, 0.1) is 11.3 Å². The molecule has 6 heteroatoms. The largest absolute Gasteiger partial charge is 0.298 e. The van der Waals surface area contributed by atoms with Crippen molar-refractivity contribution in [3.8, 4) is 6.07 Å². The van der Waals surface area contributed by atoms with Gasteiger partial charge in [0.1, 0.15) is 15.8 Å². The highest BCUT2D eigenvalue weighted by molar-refractivity contribution is 9.13. The van der Waals surface area contributed by atoms with Crippen LogP contribution in [0.15, 0.2) is 13.9 Å². The number of halogens is 3. The second-order valence-corrected chi connectivity index (χ2v) is 3.92. The zero-order valence-electron chi connectivity index (χ0n) is 5.18. The lowest BCUT2D eigenvalue weighted by molar-refractivity contribution is 0.787. The number of hydrogen-bond donors (Lipinski definition) is 0. The van der Waals surface area contributed by atoms with Crippen LogP contribution in [0.3, 0.4) is 0 Å². The maximum Gasteiger partial charge on any atom is 0.180 e. The van der Waals surface area contributed by atoms with Crippen LogP contribution >= 0.6 is 47.8 Å². The minimum atomic E-state index is 0.278. The monoisotopic (exact) mass is 341 g/mol. The maximum atomic E-state index is 8.42. The van der Waals surface area contributed by atoms with E-state index in [1.165, 1.54) is 0 Å². The molecule has 1 aromatic heterocycles. The van der Waals surface area contributed by atoms with Gasteiger partial charge in [0.05, 0.1) is 6.07 Å². The topological polar surface area (TPSA) is 41.6 Å². The minimum absolute atomic E-state index is 0.278. The van der Waals surface area contributed by atoms with Crippen molar-refractivity contribution in [1.82, 2.24) is 9.55 Å². The Labute approximate surface area is 88.8 Å². The van der Waals surface area contributed by atoms with E-state index in [0.717, 1.165) is 4.60 Å². The van der Waals surface area contributed by atoms with Crippen molar-refractivity contribution >= 4 is 47.8 Å². The van der Waals surface area contributed by atoms with Crippen molar-refractivity contribution < 1.29 is 0 Å². The van der Waals surface area contributed by atoms with Crippen LogP contribution in [0.1, 0.15) is 0 Å². The van der Waals surface area contributed by atoms with Gasteiger partial charge in [-0.25, -0.2) is 4.98 Å². The molecule has 0 atom stereocenters. The number of rotatable bonds is 1. The second kappa shape index (κ2) is 3.70. The van der Waals surface area contributed by atoms with Gasteiger partial charge in [-0.3, -0.25) is 4.57 Å². The molecule has 0 saturated carbocycles. The summed E-state index contributed by atoms with van der Waals surface area (Å²) in [5, 5.41) is 8.42. The van der Waals surface area contributed by atoms with Crippen LogP contribution in [0.5, 0.6) is 0 Å². The Balaban J connectivity index is 3.14. The van der Waals surface area contributed by atoms with Crippen LogP contribution in [0.25, 0.3) is 0 Å². The molecule has 1 rings (SSSR count). The predicted molar refractivity (Wildman–Crippen MR) is 50.9 cm³/mol. The first-order chi connectivity index (χ1) is 5.16. The fraction of sp³-hybridized carbons (Fsp3) is 0.200. The molecule has 0 N–H and O–H groups in total. The minimum Gasteiger partial charge on any atom is -0.298 e. The summed E-state index contributed by atoms with van der Waals surface area (Å²) in [6, 6.07) is 2.02. The van der Waals surface area contributed by atoms with Crippen molar-refractivity contribution in [2.75, 3.05) is 0 Å². The van der Waals surface area contributed by atoms with Crippen LogP contribution in [-0.2, 0) is 6.54 Å². The number of nitrogens with zero attached hydrogens (tertiary/aromatic N) is 3. The second-order valence-electron chi connectivity index (χ2n) is 1.71. The summed E-state index contributed by atoms with van der Waals surface area (Å²) in [6.07, 6.45) is 0. The molecule has 11 heavy (non-hydrogen) atoms. The van der Waals surface area contributed by atoms with E-state index in [2.05, 4.69) is 52.8 Å². The third kappa shape index (κ3) is 1.83. The molecule has 0 aliphatic rings. The zero-order valence-corrected chi connectivity index (χ0v) is 9.94. The Morgan fingerprint density at radius 2 is 2.09 bits per heavy atom. The lowest BCUT2D eigenvalue weighted by atomic mass is 10.7. The summed E-state index contributed by atoms with van der Waals surface area (Å²) < 4.78 is 3.80. The van der Waals surface area contributed by atoms with E-state index in [1.54, 1.807) is 4.57 Å². The standard InChI is InChI=1S/C5H2Br3N3/c6-3-4(7)11(2-1-9)5(8)10-3/h2H2. The third-order valence-electron chi connectivity index (χ3n) is 1.05. The molecule has 0 fully saturated rings. The summed E-state index contributed by atoms with van der Waals surface area (Å²) in [4.78, 5) is 4.03.